The Labute approximate surface area is 75.5 Å². The maximum atomic E-state index is 10.6. The van der Waals surface area contributed by atoms with Crippen molar-refractivity contribution >= 4 is 22.7 Å². The molecule has 70 valence electrons. The molecule has 1 aromatic rings. The lowest BCUT2D eigenvalue weighted by molar-refractivity contribution is 0.425. The van der Waals surface area contributed by atoms with Crippen LogP contribution in [-0.2, 0) is 10.1 Å². The Balaban J connectivity index is 3.21. The smallest absolute Gasteiger partial charge is 0.423 e. The Bertz CT molecular complexity index is 399. The van der Waals surface area contributed by atoms with Crippen LogP contribution in [0, 0.1) is 0 Å². The second-order valence-corrected chi connectivity index (χ2v) is 3.84. The first kappa shape index (κ1) is 10.2. The summed E-state index contributed by atoms with van der Waals surface area (Å²) in [5, 5.41) is 17.4. The summed E-state index contributed by atoms with van der Waals surface area (Å²) in [6, 6.07) is 4.78. The maximum absolute atomic E-state index is 10.6. The zero-order valence-electron chi connectivity index (χ0n) is 6.45. The highest BCUT2D eigenvalue weighted by atomic mass is 32.2. The number of rotatable bonds is 2. The molecule has 0 saturated heterocycles. The molecule has 0 aromatic heterocycles. The summed E-state index contributed by atoms with van der Waals surface area (Å²) in [5.74, 6) is 0. The van der Waals surface area contributed by atoms with Gasteiger partial charge < -0.3 is 10.0 Å². The summed E-state index contributed by atoms with van der Waals surface area (Å²) in [4.78, 5) is -0.363. The molecular weight excluding hydrogens is 195 g/mol. The molecule has 0 bridgehead atoms. The van der Waals surface area contributed by atoms with Crippen LogP contribution in [-0.4, -0.2) is 30.1 Å². The quantitative estimate of drug-likeness (QED) is 0.405. The summed E-state index contributed by atoms with van der Waals surface area (Å²) in [6.07, 6.45) is 0. The van der Waals surface area contributed by atoms with Crippen molar-refractivity contribution in [2.24, 2.45) is 0 Å². The Hall–Kier alpha value is -0.885. The van der Waals surface area contributed by atoms with Gasteiger partial charge in [-0.05, 0) is 17.6 Å². The molecule has 7 heteroatoms. The van der Waals surface area contributed by atoms with Crippen LogP contribution in [0.25, 0.3) is 0 Å². The molecule has 0 aliphatic rings. The zero-order valence-corrected chi connectivity index (χ0v) is 7.27. The molecule has 0 aliphatic carbocycles. The van der Waals surface area contributed by atoms with Crippen LogP contribution in [0.1, 0.15) is 0 Å². The maximum Gasteiger partial charge on any atom is 0.488 e. The van der Waals surface area contributed by atoms with E-state index in [1.54, 1.807) is 0 Å². The van der Waals surface area contributed by atoms with Crippen molar-refractivity contribution in [3.63, 3.8) is 0 Å². The minimum absolute atomic E-state index is 0.00938. The lowest BCUT2D eigenvalue weighted by Crippen LogP contribution is -2.30. The molecule has 0 spiro atoms. The van der Waals surface area contributed by atoms with E-state index >= 15 is 0 Å². The van der Waals surface area contributed by atoms with Gasteiger partial charge in [-0.15, -0.1) is 0 Å². The fourth-order valence-corrected chi connectivity index (χ4v) is 1.37. The van der Waals surface area contributed by atoms with Crippen LogP contribution in [0.15, 0.2) is 29.2 Å². The predicted octanol–water partition coefficient (Wildman–Crippen LogP) is -1.39. The van der Waals surface area contributed by atoms with Gasteiger partial charge in [0.15, 0.2) is 0 Å². The van der Waals surface area contributed by atoms with Crippen molar-refractivity contribution in [1.82, 2.24) is 0 Å². The molecule has 1 rings (SSSR count). The molecule has 13 heavy (non-hydrogen) atoms. The van der Waals surface area contributed by atoms with Crippen LogP contribution in [0.3, 0.4) is 0 Å². The largest absolute Gasteiger partial charge is 0.488 e. The summed E-state index contributed by atoms with van der Waals surface area (Å²) in [5.41, 5.74) is 0.00938. The van der Waals surface area contributed by atoms with E-state index in [4.69, 9.17) is 14.6 Å². The van der Waals surface area contributed by atoms with Gasteiger partial charge in [0.05, 0.1) is 4.90 Å². The van der Waals surface area contributed by atoms with E-state index in [2.05, 4.69) is 0 Å². The van der Waals surface area contributed by atoms with Crippen molar-refractivity contribution in [3.8, 4) is 0 Å². The summed E-state index contributed by atoms with van der Waals surface area (Å²) in [7, 11) is -6.03. The molecule has 0 amide bonds. The molecule has 5 nitrogen and oxygen atoms in total. The van der Waals surface area contributed by atoms with Crippen molar-refractivity contribution in [2.75, 3.05) is 0 Å². The molecule has 0 saturated carbocycles. The fraction of sp³-hybridized carbons (Fsp3) is 0. The first-order chi connectivity index (χ1) is 5.91. The lowest BCUT2D eigenvalue weighted by Gasteiger charge is -2.00. The van der Waals surface area contributed by atoms with Crippen LogP contribution in [0.4, 0.5) is 0 Å². The Morgan fingerprint density at radius 1 is 1.23 bits per heavy atom. The average molecular weight is 202 g/mol. The SMILES string of the molecule is O=S(=O)(O)c1cccc(B(O)O)c1. The van der Waals surface area contributed by atoms with Crippen LogP contribution in [0.2, 0.25) is 0 Å². The summed E-state index contributed by atoms with van der Waals surface area (Å²) >= 11 is 0. The van der Waals surface area contributed by atoms with E-state index in [-0.39, 0.29) is 10.4 Å². The van der Waals surface area contributed by atoms with Gasteiger partial charge in [0, 0.05) is 0 Å². The van der Waals surface area contributed by atoms with Crippen molar-refractivity contribution in [1.29, 1.82) is 0 Å². The van der Waals surface area contributed by atoms with Gasteiger partial charge >= 0.3 is 7.12 Å². The third-order valence-electron chi connectivity index (χ3n) is 1.45. The average Bonchev–Trinajstić information content (AvgIpc) is 2.03. The molecule has 3 N–H and O–H groups in total. The highest BCUT2D eigenvalue weighted by molar-refractivity contribution is 7.85. The molecule has 0 unspecified atom stereocenters. The molecule has 0 heterocycles. The Kier molecular flexibility index (Phi) is 2.72. The minimum Gasteiger partial charge on any atom is -0.423 e. The third-order valence-corrected chi connectivity index (χ3v) is 2.30. The van der Waals surface area contributed by atoms with E-state index in [1.807, 2.05) is 0 Å². The van der Waals surface area contributed by atoms with Gasteiger partial charge in [0.25, 0.3) is 10.1 Å². The standard InChI is InChI=1S/C6H7BO5S/c8-7(9)5-2-1-3-6(4-5)13(10,11)12/h1-4,8-9H,(H,10,11,12). The van der Waals surface area contributed by atoms with E-state index in [0.717, 1.165) is 12.1 Å². The topological polar surface area (TPSA) is 94.8 Å². The molecule has 0 radical (unpaired) electrons. The van der Waals surface area contributed by atoms with E-state index in [0.29, 0.717) is 0 Å². The highest BCUT2D eigenvalue weighted by Gasteiger charge is 2.15. The molecule has 0 aliphatic heterocycles. The second-order valence-electron chi connectivity index (χ2n) is 2.42. The third kappa shape index (κ3) is 2.53. The lowest BCUT2D eigenvalue weighted by atomic mass is 9.81. The number of hydrogen-bond acceptors (Lipinski definition) is 4. The van der Waals surface area contributed by atoms with Gasteiger partial charge in [-0.1, -0.05) is 12.1 Å². The van der Waals surface area contributed by atoms with E-state index in [1.165, 1.54) is 12.1 Å². The number of benzene rings is 1. The predicted molar refractivity (Wildman–Crippen MR) is 46.1 cm³/mol. The second kappa shape index (κ2) is 3.47. The summed E-state index contributed by atoms with van der Waals surface area (Å²) < 4.78 is 29.8. The van der Waals surface area contributed by atoms with Gasteiger partial charge in [-0.3, -0.25) is 4.55 Å². The zero-order chi connectivity index (χ0) is 10.1. The van der Waals surface area contributed by atoms with Crippen LogP contribution >= 0.6 is 0 Å². The first-order valence-electron chi connectivity index (χ1n) is 3.35. The van der Waals surface area contributed by atoms with Crippen LogP contribution < -0.4 is 5.46 Å². The van der Waals surface area contributed by atoms with Gasteiger partial charge in [-0.25, -0.2) is 0 Å². The molecule has 0 atom stereocenters. The fourth-order valence-electron chi connectivity index (χ4n) is 0.836. The van der Waals surface area contributed by atoms with Crippen LogP contribution in [0.5, 0.6) is 0 Å². The van der Waals surface area contributed by atoms with E-state index < -0.39 is 17.2 Å². The molecule has 1 aromatic carbocycles. The number of hydrogen-bond donors (Lipinski definition) is 3. The van der Waals surface area contributed by atoms with Gasteiger partial charge in [0.1, 0.15) is 0 Å². The van der Waals surface area contributed by atoms with Gasteiger partial charge in [-0.2, -0.15) is 8.42 Å². The van der Waals surface area contributed by atoms with Crippen molar-refractivity contribution in [2.45, 2.75) is 4.90 Å². The minimum atomic E-state index is -4.28. The van der Waals surface area contributed by atoms with Crippen molar-refractivity contribution < 1.29 is 23.0 Å². The highest BCUT2D eigenvalue weighted by Crippen LogP contribution is 2.04. The molecular formula is C6H7BO5S. The van der Waals surface area contributed by atoms with Crippen molar-refractivity contribution in [3.05, 3.63) is 24.3 Å². The normalized spacial score (nSPS) is 11.3. The molecule has 0 fully saturated rings. The Morgan fingerprint density at radius 3 is 2.31 bits per heavy atom. The van der Waals surface area contributed by atoms with E-state index in [9.17, 15) is 8.42 Å². The first-order valence-corrected chi connectivity index (χ1v) is 4.79. The summed E-state index contributed by atoms with van der Waals surface area (Å²) in [6.45, 7) is 0. The Morgan fingerprint density at radius 2 is 1.85 bits per heavy atom. The monoisotopic (exact) mass is 202 g/mol. The van der Waals surface area contributed by atoms with Gasteiger partial charge in [0.2, 0.25) is 0 Å².